The van der Waals surface area contributed by atoms with Gasteiger partial charge in [0.15, 0.2) is 0 Å². The monoisotopic (exact) mass is 436 g/mol. The van der Waals surface area contributed by atoms with E-state index in [2.05, 4.69) is 26.0 Å². The Morgan fingerprint density at radius 3 is 2.71 bits per heavy atom. The van der Waals surface area contributed by atoms with Crippen molar-refractivity contribution in [3.8, 4) is 11.1 Å². The van der Waals surface area contributed by atoms with Crippen LogP contribution in [0.1, 0.15) is 56.0 Å². The van der Waals surface area contributed by atoms with Gasteiger partial charge < -0.3 is 10.2 Å². The number of rotatable bonds is 4. The number of pyridine rings is 2. The van der Waals surface area contributed by atoms with Crippen LogP contribution >= 0.6 is 11.5 Å². The van der Waals surface area contributed by atoms with Crippen molar-refractivity contribution in [2.75, 3.05) is 20.1 Å². The van der Waals surface area contributed by atoms with E-state index in [9.17, 15) is 9.59 Å². The van der Waals surface area contributed by atoms with Gasteiger partial charge in [0.25, 0.3) is 11.8 Å². The van der Waals surface area contributed by atoms with Crippen LogP contribution in [0.15, 0.2) is 30.5 Å². The van der Waals surface area contributed by atoms with Gasteiger partial charge in [-0.05, 0) is 62.0 Å². The van der Waals surface area contributed by atoms with Crippen molar-refractivity contribution >= 4 is 23.3 Å². The van der Waals surface area contributed by atoms with Gasteiger partial charge in [-0.3, -0.25) is 19.6 Å². The van der Waals surface area contributed by atoms with Crippen LogP contribution in [0.3, 0.4) is 0 Å². The molecule has 2 amide bonds. The maximum absolute atomic E-state index is 12.9. The molecule has 4 heterocycles. The molecule has 1 aliphatic heterocycles. The topological polar surface area (TPSA) is 101 Å². The summed E-state index contributed by atoms with van der Waals surface area (Å²) < 4.78 is 3.89. The lowest BCUT2D eigenvalue weighted by Crippen LogP contribution is -2.39. The molecular weight excluding hydrogens is 412 g/mol. The normalized spacial score (nSPS) is 16.2. The Balaban J connectivity index is 1.57. The largest absolute Gasteiger partial charge is 0.354 e. The summed E-state index contributed by atoms with van der Waals surface area (Å²) in [5.74, 6) is -0.0498. The molecule has 0 aromatic carbocycles. The van der Waals surface area contributed by atoms with Gasteiger partial charge in [0.2, 0.25) is 0 Å². The van der Waals surface area contributed by atoms with E-state index in [1.807, 2.05) is 30.9 Å². The van der Waals surface area contributed by atoms with Crippen molar-refractivity contribution in [3.63, 3.8) is 0 Å². The minimum atomic E-state index is -0.212. The number of amides is 2. The number of likely N-dealkylation sites (tertiary alicyclic amines) is 1. The maximum Gasteiger partial charge on any atom is 0.269 e. The summed E-state index contributed by atoms with van der Waals surface area (Å²) in [5, 5.41) is 6.54. The second-order valence-electron chi connectivity index (χ2n) is 7.71. The standard InChI is InChI=1S/C22H24N6O2S/c1-13-9-17(15-6-7-18(24-11-15)21(29)23-3)10-19(25-13)16-5-4-8-28(12-16)22(30)20-14(2)26-27-31-20/h6-7,9-11,16H,4-5,8,12H2,1-3H3,(H,23,29)/t16-/m0/s1. The third-order valence-corrected chi connectivity index (χ3v) is 6.32. The molecule has 3 aromatic heterocycles. The Hall–Kier alpha value is -3.20. The quantitative estimate of drug-likeness (QED) is 0.675. The molecule has 4 rings (SSSR count). The number of aryl methyl sites for hydroxylation is 2. The van der Waals surface area contributed by atoms with Crippen molar-refractivity contribution in [3.05, 3.63) is 58.1 Å². The van der Waals surface area contributed by atoms with Gasteiger partial charge in [-0.15, -0.1) is 5.10 Å². The van der Waals surface area contributed by atoms with E-state index in [1.54, 1.807) is 19.3 Å². The number of piperidine rings is 1. The zero-order valence-corrected chi connectivity index (χ0v) is 18.6. The molecule has 0 spiro atoms. The van der Waals surface area contributed by atoms with Crippen molar-refractivity contribution in [2.45, 2.75) is 32.6 Å². The average molecular weight is 437 g/mol. The zero-order chi connectivity index (χ0) is 22.0. The first-order chi connectivity index (χ1) is 15.0. The van der Waals surface area contributed by atoms with Crippen LogP contribution < -0.4 is 5.32 Å². The fourth-order valence-electron chi connectivity index (χ4n) is 3.87. The van der Waals surface area contributed by atoms with Crippen molar-refractivity contribution in [1.82, 2.24) is 29.8 Å². The Morgan fingerprint density at radius 2 is 2.03 bits per heavy atom. The van der Waals surface area contributed by atoms with E-state index < -0.39 is 0 Å². The minimum Gasteiger partial charge on any atom is -0.354 e. The first kappa shape index (κ1) is 21.0. The number of nitrogens with one attached hydrogen (secondary N) is 1. The van der Waals surface area contributed by atoms with E-state index in [0.717, 1.165) is 53.4 Å². The molecule has 0 radical (unpaired) electrons. The molecule has 1 aliphatic rings. The van der Waals surface area contributed by atoms with Gasteiger partial charge in [0.05, 0.1) is 5.69 Å². The van der Waals surface area contributed by atoms with Crippen LogP contribution in [0.5, 0.6) is 0 Å². The van der Waals surface area contributed by atoms with Crippen LogP contribution in [0.25, 0.3) is 11.1 Å². The van der Waals surface area contributed by atoms with E-state index in [4.69, 9.17) is 4.98 Å². The molecule has 31 heavy (non-hydrogen) atoms. The molecule has 1 atom stereocenters. The highest BCUT2D eigenvalue weighted by Crippen LogP contribution is 2.30. The zero-order valence-electron chi connectivity index (χ0n) is 17.8. The highest BCUT2D eigenvalue weighted by molar-refractivity contribution is 7.07. The Morgan fingerprint density at radius 1 is 1.19 bits per heavy atom. The molecule has 1 N–H and O–H groups in total. The van der Waals surface area contributed by atoms with Gasteiger partial charge in [-0.1, -0.05) is 10.6 Å². The molecule has 3 aromatic rings. The van der Waals surface area contributed by atoms with Gasteiger partial charge in [0.1, 0.15) is 10.6 Å². The molecule has 0 bridgehead atoms. The fourth-order valence-corrected chi connectivity index (χ4v) is 4.50. The molecule has 0 unspecified atom stereocenters. The fraction of sp³-hybridized carbons (Fsp3) is 0.364. The molecule has 9 heteroatoms. The maximum atomic E-state index is 12.9. The molecular formula is C22H24N6O2S. The third kappa shape index (κ3) is 4.46. The van der Waals surface area contributed by atoms with Crippen LogP contribution in [0.2, 0.25) is 0 Å². The summed E-state index contributed by atoms with van der Waals surface area (Å²) in [6, 6.07) is 7.70. The molecule has 1 fully saturated rings. The Bertz CT molecular complexity index is 1110. The SMILES string of the molecule is CNC(=O)c1ccc(-c2cc(C)nc([C@H]3CCCN(C(=O)c4snnc4C)C3)c2)cn1. The summed E-state index contributed by atoms with van der Waals surface area (Å²) in [5.41, 5.74) is 4.88. The highest BCUT2D eigenvalue weighted by Gasteiger charge is 2.28. The lowest BCUT2D eigenvalue weighted by Gasteiger charge is -2.32. The van der Waals surface area contributed by atoms with Crippen LogP contribution in [0.4, 0.5) is 0 Å². The summed E-state index contributed by atoms with van der Waals surface area (Å²) in [6.45, 7) is 5.14. The van der Waals surface area contributed by atoms with Crippen molar-refractivity contribution in [2.24, 2.45) is 0 Å². The predicted octanol–water partition coefficient (Wildman–Crippen LogP) is 2.99. The summed E-state index contributed by atoms with van der Waals surface area (Å²) in [7, 11) is 1.58. The van der Waals surface area contributed by atoms with E-state index in [-0.39, 0.29) is 17.7 Å². The number of aromatic nitrogens is 4. The number of carbonyl (C=O) groups excluding carboxylic acids is 2. The second kappa shape index (κ2) is 8.89. The van der Waals surface area contributed by atoms with Gasteiger partial charge in [0, 0.05) is 49.2 Å². The summed E-state index contributed by atoms with van der Waals surface area (Å²) >= 11 is 1.15. The second-order valence-corrected chi connectivity index (χ2v) is 8.47. The molecule has 0 aliphatic carbocycles. The lowest BCUT2D eigenvalue weighted by atomic mass is 9.92. The number of hydrogen-bond donors (Lipinski definition) is 1. The Kier molecular flexibility index (Phi) is 6.03. The molecule has 160 valence electrons. The molecule has 1 saturated heterocycles. The number of hydrogen-bond acceptors (Lipinski definition) is 7. The number of nitrogens with zero attached hydrogens (tertiary/aromatic N) is 5. The first-order valence-corrected chi connectivity index (χ1v) is 11.0. The van der Waals surface area contributed by atoms with Gasteiger partial charge in [-0.25, -0.2) is 0 Å². The molecule has 0 saturated carbocycles. The van der Waals surface area contributed by atoms with Crippen molar-refractivity contribution < 1.29 is 9.59 Å². The van der Waals surface area contributed by atoms with Crippen molar-refractivity contribution in [1.29, 1.82) is 0 Å². The van der Waals surface area contributed by atoms with E-state index in [1.165, 1.54) is 0 Å². The first-order valence-electron chi connectivity index (χ1n) is 10.2. The minimum absolute atomic E-state index is 0.000865. The number of carbonyl (C=O) groups is 2. The summed E-state index contributed by atoms with van der Waals surface area (Å²) in [4.78, 5) is 36.2. The predicted molar refractivity (Wildman–Crippen MR) is 118 cm³/mol. The van der Waals surface area contributed by atoms with Crippen LogP contribution in [0, 0.1) is 13.8 Å². The molecule has 8 nitrogen and oxygen atoms in total. The third-order valence-electron chi connectivity index (χ3n) is 5.50. The Labute approximate surface area is 184 Å². The van der Waals surface area contributed by atoms with Crippen LogP contribution in [-0.2, 0) is 0 Å². The van der Waals surface area contributed by atoms with Gasteiger partial charge >= 0.3 is 0 Å². The lowest BCUT2D eigenvalue weighted by molar-refractivity contribution is 0.0709. The van der Waals surface area contributed by atoms with E-state index in [0.29, 0.717) is 22.8 Å². The van der Waals surface area contributed by atoms with E-state index >= 15 is 0 Å². The smallest absolute Gasteiger partial charge is 0.269 e. The highest BCUT2D eigenvalue weighted by atomic mass is 32.1. The van der Waals surface area contributed by atoms with Gasteiger partial charge in [-0.2, -0.15) is 0 Å². The summed E-state index contributed by atoms with van der Waals surface area (Å²) in [6.07, 6.45) is 3.61. The average Bonchev–Trinajstić information content (AvgIpc) is 3.23. The van der Waals surface area contributed by atoms with Crippen LogP contribution in [-0.4, -0.2) is 56.4 Å².